The van der Waals surface area contributed by atoms with Crippen LogP contribution in [0.5, 0.6) is 0 Å². The summed E-state index contributed by atoms with van der Waals surface area (Å²) < 4.78 is 0. The van der Waals surface area contributed by atoms with Gasteiger partial charge in [-0.15, -0.1) is 0 Å². The first kappa shape index (κ1) is 9.70. The highest BCUT2D eigenvalue weighted by Crippen LogP contribution is 2.16. The van der Waals surface area contributed by atoms with Crippen molar-refractivity contribution in [3.05, 3.63) is 41.0 Å². The molecule has 0 fully saturated rings. The summed E-state index contributed by atoms with van der Waals surface area (Å²) in [7, 11) is 0. The highest BCUT2D eigenvalue weighted by atomic mass is 35.5. The second-order valence-electron chi connectivity index (χ2n) is 2.93. The van der Waals surface area contributed by atoms with Crippen LogP contribution in [-0.2, 0) is 4.79 Å². The average molecular weight is 216 g/mol. The molecular weight excluding hydrogens is 210 g/mol. The number of aromatic nitrogens is 1. The number of fused-ring (bicyclic) bond motifs is 1. The molecule has 1 heterocycles. The Kier molecular flexibility index (Phi) is 2.66. The minimum atomic E-state index is 0.467. The average Bonchev–Trinajstić information content (AvgIpc) is 2.26. The molecule has 0 aliphatic carbocycles. The van der Waals surface area contributed by atoms with Crippen LogP contribution in [0, 0.1) is 11.8 Å². The molecule has 0 aliphatic rings. The maximum Gasteiger partial charge on any atom is 0.193 e. The third-order valence-electron chi connectivity index (χ3n) is 1.93. The van der Waals surface area contributed by atoms with Crippen LogP contribution in [0.3, 0.4) is 0 Å². The molecule has 0 atom stereocenters. The minimum absolute atomic E-state index is 0.467. The lowest BCUT2D eigenvalue weighted by molar-refractivity contribution is -0.103. The van der Waals surface area contributed by atoms with Crippen LogP contribution in [0.15, 0.2) is 30.3 Å². The maximum atomic E-state index is 10.1. The van der Waals surface area contributed by atoms with Crippen molar-refractivity contribution in [3.8, 4) is 11.8 Å². The summed E-state index contributed by atoms with van der Waals surface area (Å²) in [5.41, 5.74) is 1.61. The summed E-state index contributed by atoms with van der Waals surface area (Å²) in [6.45, 7) is 0. The standard InChI is InChI=1S/C12H6ClNO/c13-12-6-4-10-8-9(2-1-7-15)3-5-11(10)14-12/h3-8H. The van der Waals surface area contributed by atoms with Gasteiger partial charge < -0.3 is 0 Å². The first-order valence-electron chi connectivity index (χ1n) is 4.31. The van der Waals surface area contributed by atoms with Crippen LogP contribution in [-0.4, -0.2) is 11.3 Å². The largest absolute Gasteiger partial charge is 0.289 e. The minimum Gasteiger partial charge on any atom is -0.289 e. The van der Waals surface area contributed by atoms with Crippen LogP contribution >= 0.6 is 11.6 Å². The maximum absolute atomic E-state index is 10.1. The summed E-state index contributed by atoms with van der Waals surface area (Å²) >= 11 is 5.76. The SMILES string of the molecule is O=CC#Cc1ccc2nc(Cl)ccc2c1. The number of rotatable bonds is 0. The Balaban J connectivity index is 2.56. The first-order chi connectivity index (χ1) is 7.29. The molecule has 0 aliphatic heterocycles. The molecule has 2 nitrogen and oxygen atoms in total. The number of halogens is 1. The number of benzene rings is 1. The molecule has 0 saturated carbocycles. The quantitative estimate of drug-likeness (QED) is 0.384. The number of nitrogens with zero attached hydrogens (tertiary/aromatic N) is 1. The third kappa shape index (κ3) is 2.15. The Bertz CT molecular complexity index is 581. The summed E-state index contributed by atoms with van der Waals surface area (Å²) in [6.07, 6.45) is 0.574. The van der Waals surface area contributed by atoms with Gasteiger partial charge >= 0.3 is 0 Å². The molecular formula is C12H6ClNO. The normalized spacial score (nSPS) is 9.40. The van der Waals surface area contributed by atoms with Crippen molar-refractivity contribution in [3.63, 3.8) is 0 Å². The zero-order chi connectivity index (χ0) is 10.7. The Morgan fingerprint density at radius 3 is 2.93 bits per heavy atom. The van der Waals surface area contributed by atoms with E-state index < -0.39 is 0 Å². The molecule has 1 aromatic carbocycles. The predicted octanol–water partition coefficient (Wildman–Crippen LogP) is 2.44. The second kappa shape index (κ2) is 4.12. The number of hydrogen-bond acceptors (Lipinski definition) is 2. The number of hydrogen-bond donors (Lipinski definition) is 0. The fourth-order valence-electron chi connectivity index (χ4n) is 1.29. The summed E-state index contributed by atoms with van der Waals surface area (Å²) in [6, 6.07) is 9.10. The van der Waals surface area contributed by atoms with E-state index in [1.807, 2.05) is 24.3 Å². The van der Waals surface area contributed by atoms with Crippen LogP contribution in [0.4, 0.5) is 0 Å². The van der Waals surface area contributed by atoms with E-state index in [2.05, 4.69) is 16.8 Å². The molecule has 0 radical (unpaired) electrons. The molecule has 0 unspecified atom stereocenters. The third-order valence-corrected chi connectivity index (χ3v) is 2.14. The molecule has 0 spiro atoms. The molecule has 3 heteroatoms. The van der Waals surface area contributed by atoms with Gasteiger partial charge in [-0.1, -0.05) is 17.5 Å². The van der Waals surface area contributed by atoms with Gasteiger partial charge in [-0.2, -0.15) is 0 Å². The predicted molar refractivity (Wildman–Crippen MR) is 59.7 cm³/mol. The van der Waals surface area contributed by atoms with Gasteiger partial charge in [0.25, 0.3) is 0 Å². The van der Waals surface area contributed by atoms with E-state index in [0.29, 0.717) is 11.4 Å². The Labute approximate surface area is 91.9 Å². The monoisotopic (exact) mass is 215 g/mol. The molecule has 2 rings (SSSR count). The van der Waals surface area contributed by atoms with E-state index in [-0.39, 0.29) is 0 Å². The number of carbonyl (C=O) groups is 1. The van der Waals surface area contributed by atoms with Crippen molar-refractivity contribution in [2.45, 2.75) is 0 Å². The van der Waals surface area contributed by atoms with Crippen LogP contribution in [0.2, 0.25) is 5.15 Å². The number of carbonyl (C=O) groups excluding carboxylic acids is 1. The Morgan fingerprint density at radius 2 is 2.13 bits per heavy atom. The molecule has 72 valence electrons. The zero-order valence-electron chi connectivity index (χ0n) is 7.70. The molecule has 1 aromatic heterocycles. The van der Waals surface area contributed by atoms with Crippen LogP contribution < -0.4 is 0 Å². The van der Waals surface area contributed by atoms with Gasteiger partial charge in [0, 0.05) is 10.9 Å². The highest BCUT2D eigenvalue weighted by molar-refractivity contribution is 6.29. The van der Waals surface area contributed by atoms with Gasteiger partial charge in [0.2, 0.25) is 0 Å². The van der Waals surface area contributed by atoms with E-state index in [1.165, 1.54) is 0 Å². The van der Waals surface area contributed by atoms with E-state index in [4.69, 9.17) is 11.6 Å². The highest BCUT2D eigenvalue weighted by Gasteiger charge is 1.96. The summed E-state index contributed by atoms with van der Waals surface area (Å²) in [5.74, 6) is 5.09. The van der Waals surface area contributed by atoms with Crippen molar-refractivity contribution in [1.82, 2.24) is 4.98 Å². The smallest absolute Gasteiger partial charge is 0.193 e. The van der Waals surface area contributed by atoms with Crippen molar-refractivity contribution in [2.75, 3.05) is 0 Å². The Morgan fingerprint density at radius 1 is 1.27 bits per heavy atom. The number of pyridine rings is 1. The lowest BCUT2D eigenvalue weighted by Gasteiger charge is -1.97. The van der Waals surface area contributed by atoms with Crippen molar-refractivity contribution in [1.29, 1.82) is 0 Å². The van der Waals surface area contributed by atoms with E-state index in [9.17, 15) is 4.79 Å². The van der Waals surface area contributed by atoms with Gasteiger partial charge in [0.1, 0.15) is 5.15 Å². The van der Waals surface area contributed by atoms with Crippen LogP contribution in [0.25, 0.3) is 10.9 Å². The summed E-state index contributed by atoms with van der Waals surface area (Å²) in [5, 5.41) is 1.42. The van der Waals surface area contributed by atoms with Crippen molar-refractivity contribution >= 4 is 28.8 Å². The van der Waals surface area contributed by atoms with Crippen molar-refractivity contribution in [2.24, 2.45) is 0 Å². The zero-order valence-corrected chi connectivity index (χ0v) is 8.45. The molecule has 0 saturated heterocycles. The van der Waals surface area contributed by atoms with Gasteiger partial charge in [0.05, 0.1) is 5.52 Å². The summed E-state index contributed by atoms with van der Waals surface area (Å²) in [4.78, 5) is 14.2. The molecule has 0 amide bonds. The number of aldehydes is 1. The molecule has 0 bridgehead atoms. The second-order valence-corrected chi connectivity index (χ2v) is 3.32. The van der Waals surface area contributed by atoms with Gasteiger partial charge in [0.15, 0.2) is 6.29 Å². The molecule has 0 N–H and O–H groups in total. The first-order valence-corrected chi connectivity index (χ1v) is 4.69. The lowest BCUT2D eigenvalue weighted by atomic mass is 10.1. The van der Waals surface area contributed by atoms with Gasteiger partial charge in [-0.05, 0) is 36.3 Å². The van der Waals surface area contributed by atoms with Gasteiger partial charge in [-0.3, -0.25) is 4.79 Å². The van der Waals surface area contributed by atoms with Crippen molar-refractivity contribution < 1.29 is 4.79 Å². The van der Waals surface area contributed by atoms with E-state index in [1.54, 1.807) is 6.07 Å². The topological polar surface area (TPSA) is 30.0 Å². The fraction of sp³-hybridized carbons (Fsp3) is 0. The fourth-order valence-corrected chi connectivity index (χ4v) is 1.45. The lowest BCUT2D eigenvalue weighted by Crippen LogP contribution is -1.81. The van der Waals surface area contributed by atoms with E-state index in [0.717, 1.165) is 16.5 Å². The molecule has 15 heavy (non-hydrogen) atoms. The Hall–Kier alpha value is -1.85. The van der Waals surface area contributed by atoms with E-state index >= 15 is 0 Å². The van der Waals surface area contributed by atoms with Crippen LogP contribution in [0.1, 0.15) is 5.56 Å². The molecule has 2 aromatic rings. The van der Waals surface area contributed by atoms with Gasteiger partial charge in [-0.25, -0.2) is 4.98 Å².